The van der Waals surface area contributed by atoms with Gasteiger partial charge in [0.05, 0.1) is 12.2 Å². The first kappa shape index (κ1) is 11.6. The maximum Gasteiger partial charge on any atom is 0.123 e. The first-order valence-corrected chi connectivity index (χ1v) is 5.81. The average Bonchev–Trinajstić information content (AvgIpc) is 2.97. The molecule has 1 aliphatic heterocycles. The Hall–Kier alpha value is -0.890. The van der Waals surface area contributed by atoms with Gasteiger partial charge in [-0.2, -0.15) is 0 Å². The van der Waals surface area contributed by atoms with Gasteiger partial charge < -0.3 is 4.74 Å². The lowest BCUT2D eigenvalue weighted by atomic mass is 9.77. The maximum absolute atomic E-state index is 12.7. The van der Waals surface area contributed by atoms with Gasteiger partial charge in [0.25, 0.3) is 0 Å². The summed E-state index contributed by atoms with van der Waals surface area (Å²) in [5, 5.41) is 0. The van der Waals surface area contributed by atoms with Crippen LogP contribution >= 0.6 is 0 Å². The molecule has 2 rings (SSSR count). The molecule has 1 aromatic carbocycles. The minimum Gasteiger partial charge on any atom is -0.369 e. The summed E-state index contributed by atoms with van der Waals surface area (Å²) in [5.41, 5.74) is 1.41. The van der Waals surface area contributed by atoms with E-state index in [1.54, 1.807) is 0 Å². The molecule has 1 saturated heterocycles. The van der Waals surface area contributed by atoms with Crippen molar-refractivity contribution in [3.63, 3.8) is 0 Å². The lowest BCUT2D eigenvalue weighted by Gasteiger charge is -2.27. The molecule has 1 aliphatic rings. The summed E-state index contributed by atoms with van der Waals surface area (Å²) in [4.78, 5) is 0. The third-order valence-electron chi connectivity index (χ3n) is 3.59. The molecular formula is C14H19FO. The van der Waals surface area contributed by atoms with E-state index in [1.165, 1.54) is 17.7 Å². The fourth-order valence-corrected chi connectivity index (χ4v) is 2.04. The number of ether oxygens (including phenoxy) is 1. The average molecular weight is 222 g/mol. The van der Waals surface area contributed by atoms with Gasteiger partial charge in [-0.1, -0.05) is 32.9 Å². The third kappa shape index (κ3) is 2.27. The first-order valence-electron chi connectivity index (χ1n) is 5.81. The summed E-state index contributed by atoms with van der Waals surface area (Å²) in [5.74, 6) is -0.169. The zero-order chi connectivity index (χ0) is 11.8. The van der Waals surface area contributed by atoms with E-state index in [2.05, 4.69) is 20.8 Å². The van der Waals surface area contributed by atoms with Crippen LogP contribution in [-0.2, 0) is 11.2 Å². The van der Waals surface area contributed by atoms with E-state index in [-0.39, 0.29) is 16.8 Å². The van der Waals surface area contributed by atoms with Crippen molar-refractivity contribution in [1.82, 2.24) is 0 Å². The molecule has 0 spiro atoms. The van der Waals surface area contributed by atoms with Crippen molar-refractivity contribution in [3.8, 4) is 0 Å². The van der Waals surface area contributed by atoms with Crippen molar-refractivity contribution in [2.24, 2.45) is 5.41 Å². The van der Waals surface area contributed by atoms with E-state index in [0.717, 1.165) is 19.4 Å². The first-order chi connectivity index (χ1) is 7.43. The highest BCUT2D eigenvalue weighted by atomic mass is 19.1. The van der Waals surface area contributed by atoms with Gasteiger partial charge >= 0.3 is 0 Å². The van der Waals surface area contributed by atoms with Crippen LogP contribution in [-0.4, -0.2) is 12.2 Å². The fraction of sp³-hybridized carbons (Fsp3) is 0.571. The summed E-state index contributed by atoms with van der Waals surface area (Å²) in [7, 11) is 0. The van der Waals surface area contributed by atoms with Crippen LogP contribution in [0.3, 0.4) is 0 Å². The highest BCUT2D eigenvalue weighted by Crippen LogP contribution is 2.47. The zero-order valence-electron chi connectivity index (χ0n) is 10.2. The molecule has 1 fully saturated rings. The van der Waals surface area contributed by atoms with Gasteiger partial charge in [-0.05, 0) is 36.0 Å². The minimum absolute atomic E-state index is 0.0430. The molecule has 0 bridgehead atoms. The highest BCUT2D eigenvalue weighted by molar-refractivity contribution is 5.17. The van der Waals surface area contributed by atoms with Crippen LogP contribution in [0.25, 0.3) is 0 Å². The van der Waals surface area contributed by atoms with Gasteiger partial charge in [0.2, 0.25) is 0 Å². The van der Waals surface area contributed by atoms with Crippen LogP contribution in [0.2, 0.25) is 0 Å². The van der Waals surface area contributed by atoms with E-state index in [4.69, 9.17) is 4.74 Å². The van der Waals surface area contributed by atoms with Gasteiger partial charge in [-0.15, -0.1) is 0 Å². The number of halogens is 1. The summed E-state index contributed by atoms with van der Waals surface area (Å²) in [6.45, 7) is 7.50. The molecule has 1 aromatic rings. The molecule has 0 N–H and O–H groups in total. The van der Waals surface area contributed by atoms with Crippen LogP contribution < -0.4 is 0 Å². The summed E-state index contributed by atoms with van der Waals surface area (Å²) < 4.78 is 18.4. The quantitative estimate of drug-likeness (QED) is 0.712. The topological polar surface area (TPSA) is 12.5 Å². The number of hydrogen-bond donors (Lipinski definition) is 0. The lowest BCUT2D eigenvalue weighted by molar-refractivity contribution is 0.145. The van der Waals surface area contributed by atoms with Crippen LogP contribution in [0.1, 0.15) is 32.8 Å². The number of hydrogen-bond acceptors (Lipinski definition) is 1. The predicted molar refractivity (Wildman–Crippen MR) is 62.9 cm³/mol. The molecule has 1 nitrogen and oxygen atoms in total. The van der Waals surface area contributed by atoms with E-state index < -0.39 is 0 Å². The Morgan fingerprint density at radius 2 is 1.81 bits per heavy atom. The Morgan fingerprint density at radius 3 is 2.25 bits per heavy atom. The monoisotopic (exact) mass is 222 g/mol. The second kappa shape index (κ2) is 3.85. The molecule has 0 saturated carbocycles. The van der Waals surface area contributed by atoms with Crippen LogP contribution in [0.15, 0.2) is 24.3 Å². The Bertz CT molecular complexity index is 357. The Morgan fingerprint density at radius 1 is 1.25 bits per heavy atom. The van der Waals surface area contributed by atoms with E-state index in [0.29, 0.717) is 0 Å². The van der Waals surface area contributed by atoms with Crippen molar-refractivity contribution in [1.29, 1.82) is 0 Å². The van der Waals surface area contributed by atoms with Crippen molar-refractivity contribution in [2.45, 2.75) is 39.2 Å². The highest BCUT2D eigenvalue weighted by Gasteiger charge is 2.53. The molecule has 1 atom stereocenters. The van der Waals surface area contributed by atoms with Crippen LogP contribution in [0.5, 0.6) is 0 Å². The van der Waals surface area contributed by atoms with Gasteiger partial charge in [-0.25, -0.2) is 4.39 Å². The second-order valence-electron chi connectivity index (χ2n) is 5.66. The molecule has 2 heteroatoms. The molecular weight excluding hydrogens is 203 g/mol. The number of rotatable bonds is 3. The molecule has 1 unspecified atom stereocenters. The normalized spacial score (nSPS) is 24.5. The van der Waals surface area contributed by atoms with Gasteiger partial charge in [0, 0.05) is 0 Å². The van der Waals surface area contributed by atoms with Gasteiger partial charge in [0.1, 0.15) is 5.82 Å². The number of aryl methyl sites for hydroxylation is 1. The van der Waals surface area contributed by atoms with Crippen molar-refractivity contribution >= 4 is 0 Å². The van der Waals surface area contributed by atoms with E-state index >= 15 is 0 Å². The standard InChI is InChI=1S/C14H19FO/c1-13(2,3)14(10-16-14)9-8-11-4-6-12(15)7-5-11/h4-7H,8-10H2,1-3H3. The van der Waals surface area contributed by atoms with Gasteiger partial charge in [-0.3, -0.25) is 0 Å². The van der Waals surface area contributed by atoms with E-state index in [9.17, 15) is 4.39 Å². The molecule has 88 valence electrons. The Balaban J connectivity index is 1.96. The molecule has 0 aliphatic carbocycles. The number of epoxide rings is 1. The second-order valence-corrected chi connectivity index (χ2v) is 5.66. The third-order valence-corrected chi connectivity index (χ3v) is 3.59. The van der Waals surface area contributed by atoms with E-state index in [1.807, 2.05) is 12.1 Å². The maximum atomic E-state index is 12.7. The SMILES string of the molecule is CC(C)(C)C1(CCc2ccc(F)cc2)CO1. The minimum atomic E-state index is -0.169. The Kier molecular flexibility index (Phi) is 2.79. The van der Waals surface area contributed by atoms with Crippen molar-refractivity contribution in [3.05, 3.63) is 35.6 Å². The molecule has 0 aromatic heterocycles. The summed E-state index contributed by atoms with van der Waals surface area (Å²) in [6, 6.07) is 6.75. The Labute approximate surface area is 96.6 Å². The molecule has 0 radical (unpaired) electrons. The molecule has 1 heterocycles. The smallest absolute Gasteiger partial charge is 0.123 e. The largest absolute Gasteiger partial charge is 0.369 e. The van der Waals surface area contributed by atoms with Gasteiger partial charge in [0.15, 0.2) is 0 Å². The zero-order valence-corrected chi connectivity index (χ0v) is 10.2. The summed E-state index contributed by atoms with van der Waals surface area (Å²) >= 11 is 0. The lowest BCUT2D eigenvalue weighted by Crippen LogP contribution is -2.30. The fourth-order valence-electron chi connectivity index (χ4n) is 2.04. The predicted octanol–water partition coefficient (Wildman–Crippen LogP) is 3.57. The summed E-state index contributed by atoms with van der Waals surface area (Å²) in [6.07, 6.45) is 1.97. The number of benzene rings is 1. The van der Waals surface area contributed by atoms with Crippen molar-refractivity contribution in [2.75, 3.05) is 6.61 Å². The van der Waals surface area contributed by atoms with Crippen molar-refractivity contribution < 1.29 is 9.13 Å². The van der Waals surface area contributed by atoms with Crippen LogP contribution in [0.4, 0.5) is 4.39 Å². The molecule has 16 heavy (non-hydrogen) atoms. The molecule has 0 amide bonds. The van der Waals surface area contributed by atoms with Crippen LogP contribution in [0, 0.1) is 11.2 Å².